The van der Waals surface area contributed by atoms with E-state index in [2.05, 4.69) is 12.1 Å². The van der Waals surface area contributed by atoms with Crippen LogP contribution in [0.5, 0.6) is 0 Å². The van der Waals surface area contributed by atoms with Gasteiger partial charge in [0, 0.05) is 6.61 Å². The highest BCUT2D eigenvalue weighted by molar-refractivity contribution is 5.14. The Kier molecular flexibility index (Phi) is 5.27. The third kappa shape index (κ3) is 4.40. The average Bonchev–Trinajstić information content (AvgIpc) is 2.20. The lowest BCUT2D eigenvalue weighted by molar-refractivity contribution is 0.123. The number of rotatable bonds is 6. The molecule has 0 aliphatic heterocycles. The van der Waals surface area contributed by atoms with E-state index >= 15 is 0 Å². The van der Waals surface area contributed by atoms with E-state index in [0.29, 0.717) is 6.42 Å². The summed E-state index contributed by atoms with van der Waals surface area (Å²) in [4.78, 5) is 0. The topological polar surface area (TPSA) is 40.5 Å². The summed E-state index contributed by atoms with van der Waals surface area (Å²) in [6, 6.07) is 10.2. The molecule has 0 aromatic heterocycles. The molecule has 0 bridgehead atoms. The molecule has 0 spiro atoms. The number of benzene rings is 1. The number of aryl methyl sites for hydroxylation is 1. The molecular weight excluding hydrogens is 176 g/mol. The van der Waals surface area contributed by atoms with Crippen molar-refractivity contribution in [3.05, 3.63) is 35.9 Å². The summed E-state index contributed by atoms with van der Waals surface area (Å²) in [6.45, 7) is 0.0759. The van der Waals surface area contributed by atoms with E-state index < -0.39 is 0 Å². The molecule has 0 saturated heterocycles. The zero-order chi connectivity index (χ0) is 10.2. The van der Waals surface area contributed by atoms with Crippen molar-refractivity contribution in [3.8, 4) is 0 Å². The monoisotopic (exact) mass is 194 g/mol. The molecule has 0 aliphatic rings. The summed E-state index contributed by atoms with van der Waals surface area (Å²) in [7, 11) is 0. The van der Waals surface area contributed by atoms with Crippen LogP contribution in [0.15, 0.2) is 30.3 Å². The summed E-state index contributed by atoms with van der Waals surface area (Å²) in [5, 5.41) is 18.0. The zero-order valence-corrected chi connectivity index (χ0v) is 8.39. The van der Waals surface area contributed by atoms with Crippen LogP contribution in [-0.4, -0.2) is 22.9 Å². The van der Waals surface area contributed by atoms with E-state index in [1.165, 1.54) is 5.56 Å². The maximum Gasteiger partial charge on any atom is 0.0562 e. The largest absolute Gasteiger partial charge is 0.396 e. The van der Waals surface area contributed by atoms with Crippen molar-refractivity contribution >= 4 is 0 Å². The molecule has 78 valence electrons. The Balaban J connectivity index is 2.16. The summed E-state index contributed by atoms with van der Waals surface area (Å²) in [6.07, 6.45) is 2.90. The molecule has 1 aromatic rings. The van der Waals surface area contributed by atoms with Gasteiger partial charge >= 0.3 is 0 Å². The third-order valence-corrected chi connectivity index (χ3v) is 2.31. The second-order valence-corrected chi connectivity index (χ2v) is 3.54. The van der Waals surface area contributed by atoms with Gasteiger partial charge in [-0.1, -0.05) is 30.3 Å². The van der Waals surface area contributed by atoms with E-state index in [9.17, 15) is 5.11 Å². The number of hydrogen-bond acceptors (Lipinski definition) is 2. The Hall–Kier alpha value is -0.860. The van der Waals surface area contributed by atoms with Crippen LogP contribution < -0.4 is 0 Å². The Morgan fingerprint density at radius 1 is 1.07 bits per heavy atom. The Labute approximate surface area is 85.2 Å². The first-order valence-corrected chi connectivity index (χ1v) is 5.16. The summed E-state index contributed by atoms with van der Waals surface area (Å²) in [5.41, 5.74) is 1.31. The Bertz CT molecular complexity index is 233. The van der Waals surface area contributed by atoms with Crippen LogP contribution in [0.3, 0.4) is 0 Å². The van der Waals surface area contributed by atoms with Gasteiger partial charge in [-0.25, -0.2) is 0 Å². The van der Waals surface area contributed by atoms with Gasteiger partial charge in [-0.15, -0.1) is 0 Å². The van der Waals surface area contributed by atoms with Gasteiger partial charge in [0.25, 0.3) is 0 Å². The number of aliphatic hydroxyl groups excluding tert-OH is 2. The predicted molar refractivity (Wildman–Crippen MR) is 57.1 cm³/mol. The Morgan fingerprint density at radius 2 is 1.79 bits per heavy atom. The fourth-order valence-electron chi connectivity index (χ4n) is 1.48. The molecule has 0 radical (unpaired) electrons. The summed E-state index contributed by atoms with van der Waals surface area (Å²) < 4.78 is 0. The minimum Gasteiger partial charge on any atom is -0.396 e. The van der Waals surface area contributed by atoms with Crippen LogP contribution in [0.25, 0.3) is 0 Å². The van der Waals surface area contributed by atoms with Gasteiger partial charge in [-0.2, -0.15) is 0 Å². The molecule has 0 aliphatic carbocycles. The fourth-order valence-corrected chi connectivity index (χ4v) is 1.48. The molecule has 2 N–H and O–H groups in total. The molecule has 2 heteroatoms. The molecule has 0 heterocycles. The van der Waals surface area contributed by atoms with Gasteiger partial charge < -0.3 is 10.2 Å². The Morgan fingerprint density at radius 3 is 2.43 bits per heavy atom. The van der Waals surface area contributed by atoms with Crippen molar-refractivity contribution in [1.29, 1.82) is 0 Å². The molecular formula is C12H18O2. The zero-order valence-electron chi connectivity index (χ0n) is 8.39. The van der Waals surface area contributed by atoms with E-state index in [1.54, 1.807) is 0 Å². The van der Waals surface area contributed by atoms with Crippen molar-refractivity contribution in [1.82, 2.24) is 0 Å². The van der Waals surface area contributed by atoms with Crippen LogP contribution in [0.1, 0.15) is 24.8 Å². The highest BCUT2D eigenvalue weighted by Crippen LogP contribution is 2.07. The molecule has 1 atom stereocenters. The van der Waals surface area contributed by atoms with Gasteiger partial charge in [0.1, 0.15) is 0 Å². The van der Waals surface area contributed by atoms with Gasteiger partial charge in [0.2, 0.25) is 0 Å². The molecule has 1 unspecified atom stereocenters. The lowest BCUT2D eigenvalue weighted by atomic mass is 10.0. The summed E-state index contributed by atoms with van der Waals surface area (Å²) >= 11 is 0. The van der Waals surface area contributed by atoms with Gasteiger partial charge in [0.15, 0.2) is 0 Å². The molecule has 0 amide bonds. The lowest BCUT2D eigenvalue weighted by Crippen LogP contribution is -2.08. The van der Waals surface area contributed by atoms with E-state index in [-0.39, 0.29) is 12.7 Å². The van der Waals surface area contributed by atoms with Crippen molar-refractivity contribution in [3.63, 3.8) is 0 Å². The van der Waals surface area contributed by atoms with Crippen LogP contribution in [0, 0.1) is 0 Å². The molecule has 14 heavy (non-hydrogen) atoms. The van der Waals surface area contributed by atoms with Crippen LogP contribution in [0.4, 0.5) is 0 Å². The number of aliphatic hydroxyl groups is 2. The van der Waals surface area contributed by atoms with E-state index in [0.717, 1.165) is 19.3 Å². The molecule has 0 fully saturated rings. The minimum atomic E-state index is -0.344. The van der Waals surface area contributed by atoms with E-state index in [4.69, 9.17) is 5.11 Å². The maximum atomic E-state index is 9.37. The van der Waals surface area contributed by atoms with Gasteiger partial charge in [0.05, 0.1) is 6.10 Å². The summed E-state index contributed by atoms with van der Waals surface area (Å²) in [5.74, 6) is 0. The fraction of sp³-hybridized carbons (Fsp3) is 0.500. The lowest BCUT2D eigenvalue weighted by Gasteiger charge is -2.07. The third-order valence-electron chi connectivity index (χ3n) is 2.31. The highest BCUT2D eigenvalue weighted by Gasteiger charge is 2.02. The van der Waals surface area contributed by atoms with Crippen LogP contribution in [0.2, 0.25) is 0 Å². The van der Waals surface area contributed by atoms with Crippen molar-refractivity contribution < 1.29 is 10.2 Å². The standard InChI is InChI=1S/C12H18O2/c13-10-9-12(14)8-4-7-11-5-2-1-3-6-11/h1-3,5-6,12-14H,4,7-10H2. The SMILES string of the molecule is OCCC(O)CCCc1ccccc1. The second kappa shape index (κ2) is 6.57. The van der Waals surface area contributed by atoms with Gasteiger partial charge in [-0.05, 0) is 31.2 Å². The first-order valence-electron chi connectivity index (χ1n) is 5.16. The van der Waals surface area contributed by atoms with Crippen LogP contribution >= 0.6 is 0 Å². The normalized spacial score (nSPS) is 12.7. The first-order chi connectivity index (χ1) is 6.83. The highest BCUT2D eigenvalue weighted by atomic mass is 16.3. The van der Waals surface area contributed by atoms with Crippen molar-refractivity contribution in [2.45, 2.75) is 31.8 Å². The van der Waals surface area contributed by atoms with Gasteiger partial charge in [-0.3, -0.25) is 0 Å². The van der Waals surface area contributed by atoms with Crippen molar-refractivity contribution in [2.75, 3.05) is 6.61 Å². The quantitative estimate of drug-likeness (QED) is 0.724. The minimum absolute atomic E-state index is 0.0759. The van der Waals surface area contributed by atoms with Crippen LogP contribution in [-0.2, 0) is 6.42 Å². The van der Waals surface area contributed by atoms with Crippen molar-refractivity contribution in [2.24, 2.45) is 0 Å². The first kappa shape index (κ1) is 11.2. The average molecular weight is 194 g/mol. The molecule has 2 nitrogen and oxygen atoms in total. The second-order valence-electron chi connectivity index (χ2n) is 3.54. The molecule has 1 rings (SSSR count). The number of hydrogen-bond donors (Lipinski definition) is 2. The van der Waals surface area contributed by atoms with E-state index in [1.807, 2.05) is 18.2 Å². The molecule has 0 saturated carbocycles. The molecule has 1 aromatic carbocycles. The maximum absolute atomic E-state index is 9.37. The predicted octanol–water partition coefficient (Wildman–Crippen LogP) is 1.75. The smallest absolute Gasteiger partial charge is 0.0562 e.